The second-order valence-electron chi connectivity index (χ2n) is 4.88. The molecule has 0 heterocycles. The van der Waals surface area contributed by atoms with Crippen LogP contribution >= 0.6 is 0 Å². The molecule has 0 amide bonds. The van der Waals surface area contributed by atoms with Crippen molar-refractivity contribution in [2.45, 2.75) is 20.5 Å². The third-order valence-corrected chi connectivity index (χ3v) is 3.18. The zero-order valence-corrected chi connectivity index (χ0v) is 12.9. The molecule has 0 bridgehead atoms. The summed E-state index contributed by atoms with van der Waals surface area (Å²) in [7, 11) is 0. The first kappa shape index (κ1) is 15.8. The molecule has 0 atom stereocenters. The van der Waals surface area contributed by atoms with Crippen LogP contribution in [0.4, 0.5) is 0 Å². The number of ether oxygens (including phenoxy) is 2. The van der Waals surface area contributed by atoms with Gasteiger partial charge in [-0.25, -0.2) is 4.79 Å². The van der Waals surface area contributed by atoms with Gasteiger partial charge in [-0.15, -0.1) is 0 Å². The lowest BCUT2D eigenvalue weighted by Gasteiger charge is -2.08. The van der Waals surface area contributed by atoms with Crippen molar-refractivity contribution in [3.05, 3.63) is 71.3 Å². The zero-order chi connectivity index (χ0) is 15.8. The molecule has 2 aromatic carbocycles. The number of esters is 1. The smallest absolute Gasteiger partial charge is 0.330 e. The molecule has 0 N–H and O–H groups in total. The van der Waals surface area contributed by atoms with Crippen LogP contribution in [0.1, 0.15) is 23.6 Å². The molecule has 0 saturated heterocycles. The quantitative estimate of drug-likeness (QED) is 0.593. The number of benzene rings is 2. The van der Waals surface area contributed by atoms with E-state index in [1.165, 1.54) is 6.08 Å². The van der Waals surface area contributed by atoms with E-state index < -0.39 is 0 Å². The molecule has 22 heavy (non-hydrogen) atoms. The van der Waals surface area contributed by atoms with E-state index in [1.807, 2.05) is 55.5 Å². The summed E-state index contributed by atoms with van der Waals surface area (Å²) in [5, 5.41) is 0. The largest absolute Gasteiger partial charge is 0.489 e. The van der Waals surface area contributed by atoms with Gasteiger partial charge in [0, 0.05) is 6.08 Å². The number of carbonyl (C=O) groups is 1. The Hall–Kier alpha value is -2.55. The fourth-order valence-electron chi connectivity index (χ4n) is 1.98. The summed E-state index contributed by atoms with van der Waals surface area (Å²) in [5.74, 6) is 0.440. The Morgan fingerprint density at radius 2 is 1.91 bits per heavy atom. The predicted molar refractivity (Wildman–Crippen MR) is 87.6 cm³/mol. The molecule has 114 valence electrons. The molecule has 0 aliphatic carbocycles. The van der Waals surface area contributed by atoms with Crippen molar-refractivity contribution in [1.29, 1.82) is 0 Å². The van der Waals surface area contributed by atoms with Crippen molar-refractivity contribution in [3.63, 3.8) is 0 Å². The van der Waals surface area contributed by atoms with Gasteiger partial charge in [0.15, 0.2) is 0 Å². The summed E-state index contributed by atoms with van der Waals surface area (Å²) in [6.45, 7) is 4.67. The number of hydrogen-bond donors (Lipinski definition) is 0. The Bertz CT molecular complexity index is 645. The third-order valence-electron chi connectivity index (χ3n) is 3.18. The van der Waals surface area contributed by atoms with E-state index in [0.717, 1.165) is 22.4 Å². The number of aryl methyl sites for hydroxylation is 1. The molecule has 0 fully saturated rings. The SMILES string of the molecule is CCOC(=O)C=Cc1cc(OCc2ccccc2)ccc1C. The lowest BCUT2D eigenvalue weighted by Crippen LogP contribution is -1.99. The molecule has 0 aliphatic rings. The van der Waals surface area contributed by atoms with Crippen LogP contribution in [-0.2, 0) is 16.1 Å². The summed E-state index contributed by atoms with van der Waals surface area (Å²) in [4.78, 5) is 11.4. The van der Waals surface area contributed by atoms with Crippen molar-refractivity contribution < 1.29 is 14.3 Å². The highest BCUT2D eigenvalue weighted by Crippen LogP contribution is 2.20. The van der Waals surface area contributed by atoms with Crippen LogP contribution in [-0.4, -0.2) is 12.6 Å². The standard InChI is InChI=1S/C19H20O3/c1-3-21-19(20)12-10-17-13-18(11-9-15(17)2)22-14-16-7-5-4-6-8-16/h4-13H,3,14H2,1-2H3. The fraction of sp³-hybridized carbons (Fsp3) is 0.211. The van der Waals surface area contributed by atoms with Crippen molar-refractivity contribution in [3.8, 4) is 5.75 Å². The van der Waals surface area contributed by atoms with Crippen LogP contribution < -0.4 is 4.74 Å². The maximum absolute atomic E-state index is 11.4. The molecule has 3 nitrogen and oxygen atoms in total. The summed E-state index contributed by atoms with van der Waals surface area (Å²) in [6.07, 6.45) is 3.19. The first-order valence-electron chi connectivity index (χ1n) is 7.31. The van der Waals surface area contributed by atoms with E-state index in [1.54, 1.807) is 13.0 Å². The lowest BCUT2D eigenvalue weighted by atomic mass is 10.1. The number of rotatable bonds is 6. The molecule has 0 saturated carbocycles. The zero-order valence-electron chi connectivity index (χ0n) is 12.9. The molecule has 2 aromatic rings. The monoisotopic (exact) mass is 296 g/mol. The van der Waals surface area contributed by atoms with Gasteiger partial charge in [-0.2, -0.15) is 0 Å². The van der Waals surface area contributed by atoms with Crippen LogP contribution in [0.5, 0.6) is 5.75 Å². The minimum Gasteiger partial charge on any atom is -0.489 e. The Labute approximate surface area is 131 Å². The third kappa shape index (κ3) is 4.77. The van der Waals surface area contributed by atoms with Crippen LogP contribution in [0.3, 0.4) is 0 Å². The summed E-state index contributed by atoms with van der Waals surface area (Å²) in [6, 6.07) is 15.8. The minimum absolute atomic E-state index is 0.336. The van der Waals surface area contributed by atoms with Gasteiger partial charge >= 0.3 is 5.97 Å². The average Bonchev–Trinajstić information content (AvgIpc) is 2.54. The first-order valence-corrected chi connectivity index (χ1v) is 7.31. The van der Waals surface area contributed by atoms with Crippen LogP contribution in [0.15, 0.2) is 54.6 Å². The average molecular weight is 296 g/mol. The predicted octanol–water partition coefficient (Wildman–Crippen LogP) is 4.15. The van der Waals surface area contributed by atoms with Gasteiger partial charge in [0.1, 0.15) is 12.4 Å². The van der Waals surface area contributed by atoms with E-state index in [4.69, 9.17) is 9.47 Å². The van der Waals surface area contributed by atoms with E-state index in [9.17, 15) is 4.79 Å². The normalized spacial score (nSPS) is 10.6. The number of carbonyl (C=O) groups excluding carboxylic acids is 1. The molecule has 3 heteroatoms. The topological polar surface area (TPSA) is 35.5 Å². The molecular weight excluding hydrogens is 276 g/mol. The van der Waals surface area contributed by atoms with Crippen molar-refractivity contribution >= 4 is 12.0 Å². The molecule has 0 spiro atoms. The fourth-order valence-corrected chi connectivity index (χ4v) is 1.98. The van der Waals surface area contributed by atoms with E-state index in [-0.39, 0.29) is 5.97 Å². The van der Waals surface area contributed by atoms with Gasteiger partial charge in [0.05, 0.1) is 6.61 Å². The maximum Gasteiger partial charge on any atom is 0.330 e. The highest BCUT2D eigenvalue weighted by atomic mass is 16.5. The van der Waals surface area contributed by atoms with E-state index in [0.29, 0.717) is 13.2 Å². The second-order valence-corrected chi connectivity index (χ2v) is 4.88. The summed E-state index contributed by atoms with van der Waals surface area (Å²) >= 11 is 0. The summed E-state index contributed by atoms with van der Waals surface area (Å²) in [5.41, 5.74) is 3.14. The number of hydrogen-bond acceptors (Lipinski definition) is 3. The van der Waals surface area contributed by atoms with Gasteiger partial charge in [0.25, 0.3) is 0 Å². The molecule has 2 rings (SSSR count). The van der Waals surface area contributed by atoms with Crippen LogP contribution in [0.25, 0.3) is 6.08 Å². The highest BCUT2D eigenvalue weighted by Gasteiger charge is 2.01. The van der Waals surface area contributed by atoms with Gasteiger partial charge < -0.3 is 9.47 Å². The van der Waals surface area contributed by atoms with Crippen LogP contribution in [0, 0.1) is 6.92 Å². The molecular formula is C19H20O3. The molecule has 0 aromatic heterocycles. The van der Waals surface area contributed by atoms with Gasteiger partial charge in [-0.1, -0.05) is 36.4 Å². The van der Waals surface area contributed by atoms with E-state index in [2.05, 4.69) is 0 Å². The van der Waals surface area contributed by atoms with Crippen LogP contribution in [0.2, 0.25) is 0 Å². The lowest BCUT2D eigenvalue weighted by molar-refractivity contribution is -0.137. The molecule has 0 aliphatic heterocycles. The van der Waals surface area contributed by atoms with Crippen molar-refractivity contribution in [1.82, 2.24) is 0 Å². The van der Waals surface area contributed by atoms with Gasteiger partial charge in [-0.05, 0) is 48.7 Å². The Morgan fingerprint density at radius 3 is 2.64 bits per heavy atom. The van der Waals surface area contributed by atoms with Crippen molar-refractivity contribution in [2.75, 3.05) is 6.61 Å². The van der Waals surface area contributed by atoms with Gasteiger partial charge in [-0.3, -0.25) is 0 Å². The highest BCUT2D eigenvalue weighted by molar-refractivity contribution is 5.87. The van der Waals surface area contributed by atoms with Gasteiger partial charge in [0.2, 0.25) is 0 Å². The minimum atomic E-state index is -0.336. The Morgan fingerprint density at radius 1 is 1.14 bits per heavy atom. The Balaban J connectivity index is 2.04. The Kier molecular flexibility index (Phi) is 5.78. The molecule has 0 unspecified atom stereocenters. The second kappa shape index (κ2) is 8.03. The maximum atomic E-state index is 11.4. The first-order chi connectivity index (χ1) is 10.7. The molecule has 0 radical (unpaired) electrons. The van der Waals surface area contributed by atoms with Crippen molar-refractivity contribution in [2.24, 2.45) is 0 Å². The summed E-state index contributed by atoms with van der Waals surface area (Å²) < 4.78 is 10.7. The van der Waals surface area contributed by atoms with E-state index >= 15 is 0 Å².